The van der Waals surface area contributed by atoms with Crippen LogP contribution in [0.15, 0.2) is 23.3 Å². The van der Waals surface area contributed by atoms with Crippen LogP contribution in [-0.4, -0.2) is 37.6 Å². The number of hydrogen-bond acceptors (Lipinski definition) is 2. The molecule has 1 saturated heterocycles. The van der Waals surface area contributed by atoms with Gasteiger partial charge in [0.05, 0.1) is 0 Å². The Hall–Kier alpha value is -0.740. The molecule has 0 unspecified atom stereocenters. The maximum absolute atomic E-state index is 13.5. The van der Waals surface area contributed by atoms with Crippen molar-refractivity contribution in [1.82, 2.24) is 10.2 Å². The molecule has 0 amide bonds. The van der Waals surface area contributed by atoms with Crippen LogP contribution in [0.3, 0.4) is 0 Å². The number of likely N-dealkylation sites (N-methyl/N-ethyl adjacent to an activating group) is 1. The second kappa shape index (κ2) is 6.87. The Kier molecular flexibility index (Phi) is 5.78. The molecule has 1 rings (SSSR count). The van der Waals surface area contributed by atoms with Gasteiger partial charge in [-0.1, -0.05) is 6.08 Å². The monoisotopic (exact) mass is 244 g/mol. The second-order valence-electron chi connectivity index (χ2n) is 4.51. The van der Waals surface area contributed by atoms with E-state index < -0.39 is 11.7 Å². The molecule has 1 fully saturated rings. The molecule has 0 aromatic heterocycles. The van der Waals surface area contributed by atoms with Crippen LogP contribution >= 0.6 is 0 Å². The molecule has 4 heteroatoms. The molecule has 0 radical (unpaired) electrons. The Labute approximate surface area is 102 Å². The van der Waals surface area contributed by atoms with Crippen molar-refractivity contribution in [3.8, 4) is 0 Å². The van der Waals surface area contributed by atoms with Gasteiger partial charge < -0.3 is 5.32 Å². The highest BCUT2D eigenvalue weighted by Crippen LogP contribution is 2.20. The van der Waals surface area contributed by atoms with Crippen LogP contribution in [0, 0.1) is 0 Å². The molecule has 0 aromatic carbocycles. The molecule has 0 bridgehead atoms. The molecule has 0 saturated carbocycles. The summed E-state index contributed by atoms with van der Waals surface area (Å²) in [5, 5.41) is 3.22. The molecule has 1 heterocycles. The first-order valence-electron chi connectivity index (χ1n) is 6.15. The third-order valence-corrected chi connectivity index (χ3v) is 3.25. The summed E-state index contributed by atoms with van der Waals surface area (Å²) in [6.07, 6.45) is 3.52. The smallest absolute Gasteiger partial charge is 0.126 e. The predicted octanol–water partition coefficient (Wildman–Crippen LogP) is 2.79. The number of piperidine rings is 1. The lowest BCUT2D eigenvalue weighted by Gasteiger charge is -2.32. The van der Waals surface area contributed by atoms with Crippen molar-refractivity contribution < 1.29 is 8.78 Å². The first-order valence-corrected chi connectivity index (χ1v) is 6.15. The maximum Gasteiger partial charge on any atom is 0.126 e. The van der Waals surface area contributed by atoms with Crippen molar-refractivity contribution in [2.75, 3.05) is 26.7 Å². The van der Waals surface area contributed by atoms with Gasteiger partial charge >= 0.3 is 0 Å². The maximum atomic E-state index is 13.5. The fourth-order valence-corrected chi connectivity index (χ4v) is 2.18. The van der Waals surface area contributed by atoms with Gasteiger partial charge in [0.1, 0.15) is 11.7 Å². The zero-order valence-electron chi connectivity index (χ0n) is 10.9. The average Bonchev–Trinajstić information content (AvgIpc) is 2.35. The zero-order valence-corrected chi connectivity index (χ0v) is 10.9. The van der Waals surface area contributed by atoms with E-state index in [0.717, 1.165) is 25.9 Å². The van der Waals surface area contributed by atoms with E-state index in [2.05, 4.69) is 10.2 Å². The van der Waals surface area contributed by atoms with Crippen molar-refractivity contribution in [3.63, 3.8) is 0 Å². The van der Waals surface area contributed by atoms with Gasteiger partial charge in [0.15, 0.2) is 0 Å². The minimum Gasteiger partial charge on any atom is -0.316 e. The van der Waals surface area contributed by atoms with Crippen molar-refractivity contribution in [3.05, 3.63) is 23.3 Å². The lowest BCUT2D eigenvalue weighted by molar-refractivity contribution is 0.207. The number of allylic oxidation sites excluding steroid dienone is 2. The fraction of sp³-hybridized carbons (Fsp3) is 0.692. The van der Waals surface area contributed by atoms with Gasteiger partial charge in [-0.05, 0) is 40.3 Å². The number of nitrogens with zero attached hydrogens (tertiary/aromatic N) is 1. The van der Waals surface area contributed by atoms with Crippen LogP contribution in [0.2, 0.25) is 0 Å². The van der Waals surface area contributed by atoms with E-state index in [1.54, 1.807) is 6.92 Å². The summed E-state index contributed by atoms with van der Waals surface area (Å²) >= 11 is 0. The van der Waals surface area contributed by atoms with Crippen LogP contribution in [0.5, 0.6) is 0 Å². The summed E-state index contributed by atoms with van der Waals surface area (Å²) in [5.41, 5.74) is 0.184. The van der Waals surface area contributed by atoms with Crippen molar-refractivity contribution in [2.24, 2.45) is 0 Å². The van der Waals surface area contributed by atoms with E-state index in [1.807, 2.05) is 7.05 Å². The molecule has 1 atom stereocenters. The van der Waals surface area contributed by atoms with Crippen LogP contribution in [0.4, 0.5) is 8.78 Å². The summed E-state index contributed by atoms with van der Waals surface area (Å²) in [4.78, 5) is 2.10. The van der Waals surface area contributed by atoms with Gasteiger partial charge in [0, 0.05) is 24.7 Å². The summed E-state index contributed by atoms with van der Waals surface area (Å²) in [6.45, 7) is 5.02. The number of halogens is 2. The summed E-state index contributed by atoms with van der Waals surface area (Å²) in [7, 11) is 1.93. The normalized spacial score (nSPS) is 24.8. The number of rotatable bonds is 4. The summed E-state index contributed by atoms with van der Waals surface area (Å²) in [5.74, 6) is -0.872. The van der Waals surface area contributed by atoms with E-state index in [9.17, 15) is 8.78 Å². The molecular weight excluding hydrogens is 222 g/mol. The molecule has 1 N–H and O–H groups in total. The lowest BCUT2D eigenvalue weighted by atomic mass is 10.0. The van der Waals surface area contributed by atoms with Gasteiger partial charge in [-0.2, -0.15) is 0 Å². The molecule has 1 aliphatic heterocycles. The molecule has 0 aliphatic carbocycles. The predicted molar refractivity (Wildman–Crippen MR) is 67.2 cm³/mol. The molecule has 0 aromatic rings. The molecule has 0 spiro atoms. The highest BCUT2D eigenvalue weighted by Gasteiger charge is 2.21. The first kappa shape index (κ1) is 14.3. The van der Waals surface area contributed by atoms with Gasteiger partial charge in [0.2, 0.25) is 0 Å². The zero-order chi connectivity index (χ0) is 12.8. The Morgan fingerprint density at radius 1 is 1.47 bits per heavy atom. The largest absolute Gasteiger partial charge is 0.316 e. The van der Waals surface area contributed by atoms with Crippen LogP contribution in [0.25, 0.3) is 0 Å². The average molecular weight is 244 g/mol. The van der Waals surface area contributed by atoms with Gasteiger partial charge in [0.25, 0.3) is 0 Å². The van der Waals surface area contributed by atoms with E-state index in [1.165, 1.54) is 13.0 Å². The van der Waals surface area contributed by atoms with Crippen LogP contribution in [-0.2, 0) is 0 Å². The fourth-order valence-electron chi connectivity index (χ4n) is 2.18. The standard InChI is InChI=1S/C13H22F2N2/c1-4-13(15)12(10(2)14)9-17-7-5-6-11(8-17)16-3/h4,11,16H,5-9H2,1-3H3/b12-10+,13-4+/t11-/m1/s1. The second-order valence-corrected chi connectivity index (χ2v) is 4.51. The minimum atomic E-state index is -0.448. The number of nitrogens with one attached hydrogen (secondary N) is 1. The Morgan fingerprint density at radius 2 is 2.18 bits per heavy atom. The van der Waals surface area contributed by atoms with Gasteiger partial charge in [-0.15, -0.1) is 0 Å². The number of likely N-dealkylation sites (tertiary alicyclic amines) is 1. The van der Waals surface area contributed by atoms with Crippen LogP contribution < -0.4 is 5.32 Å². The molecular formula is C13H22F2N2. The Balaban J connectivity index is 2.65. The van der Waals surface area contributed by atoms with Crippen molar-refractivity contribution >= 4 is 0 Å². The third-order valence-electron chi connectivity index (χ3n) is 3.25. The lowest BCUT2D eigenvalue weighted by Crippen LogP contribution is -2.45. The molecule has 17 heavy (non-hydrogen) atoms. The Bertz CT molecular complexity index is 307. The minimum absolute atomic E-state index is 0.184. The highest BCUT2D eigenvalue weighted by atomic mass is 19.1. The van der Waals surface area contributed by atoms with Crippen molar-refractivity contribution in [2.45, 2.75) is 32.7 Å². The highest BCUT2D eigenvalue weighted by molar-refractivity contribution is 5.28. The Morgan fingerprint density at radius 3 is 2.71 bits per heavy atom. The van der Waals surface area contributed by atoms with Crippen LogP contribution in [0.1, 0.15) is 26.7 Å². The third kappa shape index (κ3) is 4.21. The quantitative estimate of drug-likeness (QED) is 0.765. The summed E-state index contributed by atoms with van der Waals surface area (Å²) < 4.78 is 26.8. The molecule has 1 aliphatic rings. The SMILES string of the molecule is C/C=C(F)\C(CN1CCC[C@@H](NC)C1)=C(/C)F. The topological polar surface area (TPSA) is 15.3 Å². The van der Waals surface area contributed by atoms with E-state index >= 15 is 0 Å². The van der Waals surface area contributed by atoms with E-state index in [4.69, 9.17) is 0 Å². The van der Waals surface area contributed by atoms with Crippen molar-refractivity contribution in [1.29, 1.82) is 0 Å². The van der Waals surface area contributed by atoms with Gasteiger partial charge in [-0.25, -0.2) is 8.78 Å². The number of hydrogen-bond donors (Lipinski definition) is 1. The molecule has 2 nitrogen and oxygen atoms in total. The van der Waals surface area contributed by atoms with E-state index in [-0.39, 0.29) is 5.57 Å². The molecule has 98 valence electrons. The first-order chi connectivity index (χ1) is 8.08. The summed E-state index contributed by atoms with van der Waals surface area (Å²) in [6, 6.07) is 0.429. The van der Waals surface area contributed by atoms with E-state index in [0.29, 0.717) is 12.6 Å². The van der Waals surface area contributed by atoms with Gasteiger partial charge in [-0.3, -0.25) is 4.90 Å².